The molecule has 0 unspecified atom stereocenters. The van der Waals surface area contributed by atoms with Crippen LogP contribution < -0.4 is 10.1 Å². The number of nitrogens with zero attached hydrogens (tertiary/aromatic N) is 1. The van der Waals surface area contributed by atoms with Gasteiger partial charge in [0.05, 0.1) is 13.2 Å². The number of nitrogens with one attached hydrogen (secondary N) is 1. The smallest absolute Gasteiger partial charge is 0.145 e. The third-order valence-corrected chi connectivity index (χ3v) is 4.68. The summed E-state index contributed by atoms with van der Waals surface area (Å²) in [6, 6.07) is 8.02. The number of anilines is 1. The van der Waals surface area contributed by atoms with E-state index in [-0.39, 0.29) is 12.0 Å². The maximum absolute atomic E-state index is 9.37. The number of para-hydroxylation sites is 1. The first-order chi connectivity index (χ1) is 11.8. The van der Waals surface area contributed by atoms with Gasteiger partial charge in [-0.15, -0.1) is 0 Å². The molecule has 1 aliphatic heterocycles. The van der Waals surface area contributed by atoms with Crippen molar-refractivity contribution in [2.24, 2.45) is 5.41 Å². The van der Waals surface area contributed by atoms with Gasteiger partial charge in [-0.05, 0) is 31.4 Å². The van der Waals surface area contributed by atoms with Crippen molar-refractivity contribution in [3.05, 3.63) is 30.5 Å². The lowest BCUT2D eigenvalue weighted by atomic mass is 9.84. The molecule has 0 radical (unpaired) electrons. The Morgan fingerprint density at radius 3 is 3.04 bits per heavy atom. The van der Waals surface area contributed by atoms with Crippen LogP contribution >= 0.6 is 0 Å². The summed E-state index contributed by atoms with van der Waals surface area (Å²) in [6.07, 6.45) is 4.52. The molecule has 1 aliphatic rings. The second-order valence-corrected chi connectivity index (χ2v) is 6.49. The largest absolute Gasteiger partial charge is 0.491 e. The van der Waals surface area contributed by atoms with Crippen LogP contribution in [-0.2, 0) is 4.74 Å². The predicted molar refractivity (Wildman–Crippen MR) is 95.6 cm³/mol. The zero-order valence-corrected chi connectivity index (χ0v) is 14.3. The predicted octanol–water partition coefficient (Wildman–Crippen LogP) is 3.22. The Bertz CT molecular complexity index is 669. The maximum Gasteiger partial charge on any atom is 0.145 e. The van der Waals surface area contributed by atoms with Gasteiger partial charge in [-0.25, -0.2) is 0 Å². The monoisotopic (exact) mass is 330 g/mol. The van der Waals surface area contributed by atoms with Gasteiger partial charge in [0.25, 0.3) is 0 Å². The number of pyridine rings is 1. The summed E-state index contributed by atoms with van der Waals surface area (Å²) in [4.78, 5) is 4.50. The third-order valence-electron chi connectivity index (χ3n) is 4.68. The summed E-state index contributed by atoms with van der Waals surface area (Å²) in [6.45, 7) is 5.23. The van der Waals surface area contributed by atoms with Crippen molar-refractivity contribution < 1.29 is 14.6 Å². The summed E-state index contributed by atoms with van der Waals surface area (Å²) in [7, 11) is 0. The van der Waals surface area contributed by atoms with Gasteiger partial charge in [-0.3, -0.25) is 4.98 Å². The highest BCUT2D eigenvalue weighted by atomic mass is 16.5. The van der Waals surface area contributed by atoms with E-state index in [9.17, 15) is 5.11 Å². The minimum Gasteiger partial charge on any atom is -0.491 e. The molecule has 1 saturated heterocycles. The Morgan fingerprint density at radius 2 is 2.29 bits per heavy atom. The summed E-state index contributed by atoms with van der Waals surface area (Å²) in [5.74, 6) is 0.826. The molecule has 0 aliphatic carbocycles. The Morgan fingerprint density at radius 1 is 1.38 bits per heavy atom. The standard InChI is InChI=1S/C19H26N2O3/c1-2-11-24-17-5-3-4-15-16(6-9-20-18(15)17)21-13-19(7-10-22)8-12-23-14-19/h3-6,9,22H,2,7-8,10-14H2,1H3,(H,20,21)/t19-/m1/s1. The average molecular weight is 330 g/mol. The highest BCUT2D eigenvalue weighted by molar-refractivity contribution is 5.94. The summed E-state index contributed by atoms with van der Waals surface area (Å²) in [5, 5.41) is 14.0. The van der Waals surface area contributed by atoms with E-state index < -0.39 is 0 Å². The van der Waals surface area contributed by atoms with E-state index in [1.165, 1.54) is 0 Å². The number of benzene rings is 1. The van der Waals surface area contributed by atoms with Gasteiger partial charge in [0.1, 0.15) is 11.3 Å². The molecule has 3 rings (SSSR count). The number of rotatable bonds is 8. The van der Waals surface area contributed by atoms with Gasteiger partial charge in [0, 0.05) is 42.4 Å². The minimum atomic E-state index is 0.0145. The average Bonchev–Trinajstić information content (AvgIpc) is 3.07. The maximum atomic E-state index is 9.37. The van der Waals surface area contributed by atoms with E-state index in [2.05, 4.69) is 23.3 Å². The minimum absolute atomic E-state index is 0.0145. The number of aliphatic hydroxyl groups excluding tert-OH is 1. The Labute approximate surface area is 143 Å². The number of hydrogen-bond acceptors (Lipinski definition) is 5. The highest BCUT2D eigenvalue weighted by Gasteiger charge is 2.34. The van der Waals surface area contributed by atoms with Crippen molar-refractivity contribution in [2.75, 3.05) is 38.3 Å². The molecule has 0 spiro atoms. The first-order valence-corrected chi connectivity index (χ1v) is 8.71. The Hall–Kier alpha value is -1.85. The molecule has 130 valence electrons. The molecule has 24 heavy (non-hydrogen) atoms. The van der Waals surface area contributed by atoms with Crippen LogP contribution in [-0.4, -0.2) is 43.1 Å². The number of fused-ring (bicyclic) bond motifs is 1. The van der Waals surface area contributed by atoms with Crippen molar-refractivity contribution in [3.8, 4) is 5.75 Å². The van der Waals surface area contributed by atoms with Crippen LogP contribution in [0.4, 0.5) is 5.69 Å². The summed E-state index contributed by atoms with van der Waals surface area (Å²) >= 11 is 0. The third kappa shape index (κ3) is 3.62. The second-order valence-electron chi connectivity index (χ2n) is 6.49. The number of hydrogen-bond donors (Lipinski definition) is 2. The van der Waals surface area contributed by atoms with Crippen molar-refractivity contribution in [1.82, 2.24) is 4.98 Å². The van der Waals surface area contributed by atoms with Crippen LogP contribution in [0.5, 0.6) is 5.75 Å². The molecule has 2 heterocycles. The van der Waals surface area contributed by atoms with Crippen LogP contribution in [0.1, 0.15) is 26.2 Å². The number of aromatic nitrogens is 1. The second kappa shape index (κ2) is 7.81. The fourth-order valence-electron chi connectivity index (χ4n) is 3.23. The molecule has 5 nitrogen and oxygen atoms in total. The fraction of sp³-hybridized carbons (Fsp3) is 0.526. The van der Waals surface area contributed by atoms with Crippen LogP contribution in [0.25, 0.3) is 10.9 Å². The molecule has 5 heteroatoms. The summed E-state index contributed by atoms with van der Waals surface area (Å²) in [5.41, 5.74) is 1.95. The molecule has 2 aromatic rings. The van der Waals surface area contributed by atoms with Gasteiger partial charge < -0.3 is 19.9 Å². The van der Waals surface area contributed by atoms with Gasteiger partial charge in [-0.2, -0.15) is 0 Å². The molecule has 0 amide bonds. The Kier molecular flexibility index (Phi) is 5.53. The molecule has 1 aromatic carbocycles. The molecule has 2 N–H and O–H groups in total. The lowest BCUT2D eigenvalue weighted by molar-refractivity contribution is 0.133. The van der Waals surface area contributed by atoms with E-state index in [1.54, 1.807) is 0 Å². The van der Waals surface area contributed by atoms with Crippen molar-refractivity contribution in [2.45, 2.75) is 26.2 Å². The molecule has 0 bridgehead atoms. The van der Waals surface area contributed by atoms with Crippen LogP contribution in [0, 0.1) is 5.41 Å². The first kappa shape index (κ1) is 17.0. The SMILES string of the molecule is CCCOc1cccc2c(NC[C@@]3(CCO)CCOC3)ccnc12. The van der Waals surface area contributed by atoms with Crippen molar-refractivity contribution in [3.63, 3.8) is 0 Å². The number of aliphatic hydroxyl groups is 1. The van der Waals surface area contributed by atoms with Gasteiger partial charge in [0.2, 0.25) is 0 Å². The molecule has 1 fully saturated rings. The molecule has 1 aromatic heterocycles. The lowest BCUT2D eigenvalue weighted by Gasteiger charge is -2.27. The normalized spacial score (nSPS) is 20.4. The van der Waals surface area contributed by atoms with E-state index in [0.29, 0.717) is 13.2 Å². The van der Waals surface area contributed by atoms with Crippen molar-refractivity contribution >= 4 is 16.6 Å². The van der Waals surface area contributed by atoms with Crippen molar-refractivity contribution in [1.29, 1.82) is 0 Å². The van der Waals surface area contributed by atoms with E-state index in [1.807, 2.05) is 24.4 Å². The molecular formula is C19H26N2O3. The quantitative estimate of drug-likeness (QED) is 0.778. The molecular weight excluding hydrogens is 304 g/mol. The van der Waals surface area contributed by atoms with Gasteiger partial charge in [0.15, 0.2) is 0 Å². The highest BCUT2D eigenvalue weighted by Crippen LogP contribution is 2.34. The zero-order valence-electron chi connectivity index (χ0n) is 14.3. The van der Waals surface area contributed by atoms with E-state index >= 15 is 0 Å². The molecule has 1 atom stereocenters. The number of ether oxygens (including phenoxy) is 2. The fourth-order valence-corrected chi connectivity index (χ4v) is 3.23. The molecule has 0 saturated carbocycles. The van der Waals surface area contributed by atoms with Gasteiger partial charge >= 0.3 is 0 Å². The topological polar surface area (TPSA) is 63.6 Å². The zero-order chi connectivity index (χ0) is 16.8. The summed E-state index contributed by atoms with van der Waals surface area (Å²) < 4.78 is 11.4. The first-order valence-electron chi connectivity index (χ1n) is 8.71. The lowest BCUT2D eigenvalue weighted by Crippen LogP contribution is -2.31. The van der Waals surface area contributed by atoms with Gasteiger partial charge in [-0.1, -0.05) is 19.1 Å². The van der Waals surface area contributed by atoms with Crippen LogP contribution in [0.15, 0.2) is 30.5 Å². The Balaban J connectivity index is 1.82. The van der Waals surface area contributed by atoms with Crippen LogP contribution in [0.2, 0.25) is 0 Å². The van der Waals surface area contributed by atoms with E-state index in [4.69, 9.17) is 9.47 Å². The van der Waals surface area contributed by atoms with Crippen LogP contribution in [0.3, 0.4) is 0 Å². The van der Waals surface area contributed by atoms with E-state index in [0.717, 1.165) is 54.8 Å².